The van der Waals surface area contributed by atoms with E-state index >= 15 is 0 Å². The molecule has 0 spiro atoms. The minimum Gasteiger partial charge on any atom is -0.497 e. The molecular weight excluding hydrogens is 378 g/mol. The number of carbonyl (C=O) groups is 2. The first-order valence-corrected chi connectivity index (χ1v) is 10.0. The van der Waals surface area contributed by atoms with Crippen LogP contribution in [0.15, 0.2) is 59.5 Å². The monoisotopic (exact) mass is 401 g/mol. The van der Waals surface area contributed by atoms with Crippen molar-refractivity contribution >= 4 is 23.6 Å². The van der Waals surface area contributed by atoms with Crippen molar-refractivity contribution in [3.63, 3.8) is 0 Å². The van der Waals surface area contributed by atoms with E-state index in [0.717, 1.165) is 10.6 Å². The summed E-state index contributed by atoms with van der Waals surface area (Å²) >= 11 is 1.36. The van der Waals surface area contributed by atoms with E-state index in [1.54, 1.807) is 24.1 Å². The fourth-order valence-corrected chi connectivity index (χ4v) is 3.50. The summed E-state index contributed by atoms with van der Waals surface area (Å²) in [6.45, 7) is 1.99. The predicted molar refractivity (Wildman–Crippen MR) is 106 cm³/mol. The van der Waals surface area contributed by atoms with Gasteiger partial charge >= 0.3 is 5.97 Å². The number of esters is 1. The molecular formula is C21H23NO5S. The molecule has 3 rings (SSSR count). The third kappa shape index (κ3) is 5.50. The largest absolute Gasteiger partial charge is 0.497 e. The Morgan fingerprint density at radius 2 is 1.75 bits per heavy atom. The van der Waals surface area contributed by atoms with Crippen LogP contribution < -0.4 is 4.74 Å². The first kappa shape index (κ1) is 20.2. The number of hydrogen-bond donors (Lipinski definition) is 0. The Hall–Kier alpha value is -2.51. The van der Waals surface area contributed by atoms with Gasteiger partial charge in [-0.15, -0.1) is 11.8 Å². The van der Waals surface area contributed by atoms with Crippen LogP contribution in [0.25, 0.3) is 0 Å². The van der Waals surface area contributed by atoms with E-state index in [4.69, 9.17) is 14.2 Å². The topological polar surface area (TPSA) is 65.1 Å². The molecule has 0 radical (unpaired) electrons. The van der Waals surface area contributed by atoms with Crippen molar-refractivity contribution in [1.82, 2.24) is 4.90 Å². The lowest BCUT2D eigenvalue weighted by Gasteiger charge is -2.30. The number of benzene rings is 2. The van der Waals surface area contributed by atoms with Crippen molar-refractivity contribution in [1.29, 1.82) is 0 Å². The highest BCUT2D eigenvalue weighted by atomic mass is 32.2. The molecule has 1 fully saturated rings. The molecule has 1 amide bonds. The molecule has 0 bridgehead atoms. The third-order valence-corrected chi connectivity index (χ3v) is 5.30. The quantitative estimate of drug-likeness (QED) is 0.525. The maximum Gasteiger partial charge on any atom is 0.317 e. The molecule has 0 N–H and O–H groups in total. The number of nitrogens with zero attached hydrogens (tertiary/aromatic N) is 1. The SMILES string of the molecule is COc1ccc(SCC(=O)O[C@H](C(=O)N2CCOCC2)c2ccccc2)cc1. The molecule has 1 heterocycles. The van der Waals surface area contributed by atoms with E-state index in [-0.39, 0.29) is 11.7 Å². The van der Waals surface area contributed by atoms with Crippen LogP contribution >= 0.6 is 11.8 Å². The van der Waals surface area contributed by atoms with Gasteiger partial charge in [0.2, 0.25) is 6.10 Å². The maximum atomic E-state index is 13.0. The molecule has 148 valence electrons. The average Bonchev–Trinajstić information content (AvgIpc) is 2.77. The Morgan fingerprint density at radius 1 is 1.07 bits per heavy atom. The number of ether oxygens (including phenoxy) is 3. The fraction of sp³-hybridized carbons (Fsp3) is 0.333. The van der Waals surface area contributed by atoms with E-state index in [2.05, 4.69) is 0 Å². The van der Waals surface area contributed by atoms with Gasteiger partial charge in [-0.2, -0.15) is 0 Å². The second-order valence-corrected chi connectivity index (χ2v) is 7.23. The first-order chi connectivity index (χ1) is 13.7. The van der Waals surface area contributed by atoms with E-state index < -0.39 is 12.1 Å². The molecule has 6 nitrogen and oxygen atoms in total. The first-order valence-electron chi connectivity index (χ1n) is 9.05. The summed E-state index contributed by atoms with van der Waals surface area (Å²) < 4.78 is 16.0. The van der Waals surface area contributed by atoms with Crippen molar-refractivity contribution in [3.8, 4) is 5.75 Å². The van der Waals surface area contributed by atoms with Crippen LogP contribution in [0.4, 0.5) is 0 Å². The predicted octanol–water partition coefficient (Wildman–Crippen LogP) is 2.93. The van der Waals surface area contributed by atoms with Crippen LogP contribution in [0.1, 0.15) is 11.7 Å². The Labute approximate surface area is 168 Å². The van der Waals surface area contributed by atoms with Gasteiger partial charge in [0.25, 0.3) is 5.91 Å². The number of thioether (sulfide) groups is 1. The van der Waals surface area contributed by atoms with Crippen LogP contribution in [0.2, 0.25) is 0 Å². The molecule has 0 unspecified atom stereocenters. The standard InChI is InChI=1S/C21H23NO5S/c1-25-17-7-9-18(10-8-17)28-15-19(23)27-20(16-5-3-2-4-6-16)21(24)22-11-13-26-14-12-22/h2-10,20H,11-15H2,1H3/t20-/m0/s1. The van der Waals surface area contributed by atoms with E-state index in [1.807, 2.05) is 42.5 Å². The van der Waals surface area contributed by atoms with E-state index in [9.17, 15) is 9.59 Å². The number of amides is 1. The number of rotatable bonds is 7. The van der Waals surface area contributed by atoms with Crippen LogP contribution in [0.5, 0.6) is 5.75 Å². The summed E-state index contributed by atoms with van der Waals surface area (Å²) in [5.74, 6) is 0.229. The lowest BCUT2D eigenvalue weighted by Crippen LogP contribution is -2.44. The van der Waals surface area contributed by atoms with Gasteiger partial charge < -0.3 is 19.1 Å². The zero-order chi connectivity index (χ0) is 19.8. The molecule has 0 aromatic heterocycles. The summed E-state index contributed by atoms with van der Waals surface area (Å²) in [6.07, 6.45) is -0.941. The van der Waals surface area contributed by atoms with Gasteiger partial charge in [0, 0.05) is 23.5 Å². The van der Waals surface area contributed by atoms with Gasteiger partial charge in [-0.3, -0.25) is 9.59 Å². The Morgan fingerprint density at radius 3 is 2.39 bits per heavy atom. The molecule has 28 heavy (non-hydrogen) atoms. The van der Waals surface area contributed by atoms with Crippen LogP contribution in [-0.4, -0.2) is 55.9 Å². The summed E-state index contributed by atoms with van der Waals surface area (Å²) in [6, 6.07) is 16.5. The second kappa shape index (κ2) is 10.1. The molecule has 1 aliphatic rings. The zero-order valence-electron chi connectivity index (χ0n) is 15.7. The van der Waals surface area contributed by atoms with Gasteiger partial charge in [0.15, 0.2) is 0 Å². The molecule has 2 aromatic rings. The van der Waals surface area contributed by atoms with Gasteiger partial charge in [-0.1, -0.05) is 30.3 Å². The van der Waals surface area contributed by atoms with Gasteiger partial charge in [0.05, 0.1) is 26.1 Å². The zero-order valence-corrected chi connectivity index (χ0v) is 16.5. The molecule has 0 saturated carbocycles. The normalized spacial score (nSPS) is 15.0. The molecule has 0 aliphatic carbocycles. The van der Waals surface area contributed by atoms with Crippen molar-refractivity contribution in [2.45, 2.75) is 11.0 Å². The fourth-order valence-electron chi connectivity index (χ4n) is 2.82. The minimum absolute atomic E-state index is 0.117. The highest BCUT2D eigenvalue weighted by molar-refractivity contribution is 8.00. The van der Waals surface area contributed by atoms with E-state index in [1.165, 1.54) is 11.8 Å². The van der Waals surface area contributed by atoms with Crippen LogP contribution in [0, 0.1) is 0 Å². The summed E-state index contributed by atoms with van der Waals surface area (Å²) in [5.41, 5.74) is 0.668. The molecule has 2 aromatic carbocycles. The number of carbonyl (C=O) groups excluding carboxylic acids is 2. The van der Waals surface area contributed by atoms with Crippen molar-refractivity contribution < 1.29 is 23.8 Å². The summed E-state index contributed by atoms with van der Waals surface area (Å²) in [4.78, 5) is 28.0. The van der Waals surface area contributed by atoms with Gasteiger partial charge in [-0.05, 0) is 24.3 Å². The summed E-state index contributed by atoms with van der Waals surface area (Å²) in [7, 11) is 1.61. The Balaban J connectivity index is 1.64. The number of morpholine rings is 1. The minimum atomic E-state index is -0.941. The van der Waals surface area contributed by atoms with Crippen molar-refractivity contribution in [2.75, 3.05) is 39.2 Å². The lowest BCUT2D eigenvalue weighted by molar-refractivity contribution is -0.160. The molecule has 1 atom stereocenters. The molecule has 1 saturated heterocycles. The number of methoxy groups -OCH3 is 1. The van der Waals surface area contributed by atoms with Crippen LogP contribution in [-0.2, 0) is 19.1 Å². The smallest absolute Gasteiger partial charge is 0.317 e. The lowest BCUT2D eigenvalue weighted by atomic mass is 10.1. The Kier molecular flexibility index (Phi) is 7.33. The van der Waals surface area contributed by atoms with Crippen molar-refractivity contribution in [2.24, 2.45) is 0 Å². The van der Waals surface area contributed by atoms with Crippen LogP contribution in [0.3, 0.4) is 0 Å². The highest BCUT2D eigenvalue weighted by Crippen LogP contribution is 2.24. The Bertz CT molecular complexity index is 775. The van der Waals surface area contributed by atoms with Gasteiger partial charge in [0.1, 0.15) is 5.75 Å². The molecule has 1 aliphatic heterocycles. The van der Waals surface area contributed by atoms with Gasteiger partial charge in [-0.25, -0.2) is 0 Å². The highest BCUT2D eigenvalue weighted by Gasteiger charge is 2.30. The molecule has 7 heteroatoms. The third-order valence-electron chi connectivity index (χ3n) is 4.31. The summed E-state index contributed by atoms with van der Waals surface area (Å²) in [5, 5.41) is 0. The maximum absolute atomic E-state index is 13.0. The second-order valence-electron chi connectivity index (χ2n) is 6.18. The van der Waals surface area contributed by atoms with Crippen molar-refractivity contribution in [3.05, 3.63) is 60.2 Å². The van der Waals surface area contributed by atoms with E-state index in [0.29, 0.717) is 31.9 Å². The average molecular weight is 401 g/mol. The number of hydrogen-bond acceptors (Lipinski definition) is 6.